The number of anilines is 2. The summed E-state index contributed by atoms with van der Waals surface area (Å²) in [5.41, 5.74) is 8.11. The van der Waals surface area contributed by atoms with E-state index in [1.54, 1.807) is 7.11 Å². The molecule has 0 aliphatic rings. The molecule has 0 fully saturated rings. The number of amides is 1. The first-order valence-corrected chi connectivity index (χ1v) is 11.3. The van der Waals surface area contributed by atoms with Crippen LogP contribution in [0.5, 0.6) is 0 Å². The van der Waals surface area contributed by atoms with E-state index in [9.17, 15) is 14.4 Å². The highest BCUT2D eigenvalue weighted by Gasteiger charge is 2.28. The zero-order chi connectivity index (χ0) is 25.0. The number of carbonyl (C=O) groups excluding carboxylic acids is 1. The third kappa shape index (κ3) is 4.99. The van der Waals surface area contributed by atoms with Gasteiger partial charge in [0.1, 0.15) is 5.82 Å². The molecular weight excluding hydrogens is 434 g/mol. The lowest BCUT2D eigenvalue weighted by atomic mass is 10.2. The summed E-state index contributed by atoms with van der Waals surface area (Å²) in [5.74, 6) is -0.403. The van der Waals surface area contributed by atoms with E-state index in [-0.39, 0.29) is 36.5 Å². The van der Waals surface area contributed by atoms with Crippen molar-refractivity contribution in [3.8, 4) is 0 Å². The van der Waals surface area contributed by atoms with Gasteiger partial charge in [-0.1, -0.05) is 30.3 Å². The third-order valence-corrected chi connectivity index (χ3v) is 5.87. The predicted molar refractivity (Wildman–Crippen MR) is 134 cm³/mol. The van der Waals surface area contributed by atoms with Crippen molar-refractivity contribution in [3.05, 3.63) is 79.8 Å². The van der Waals surface area contributed by atoms with Crippen LogP contribution in [0.25, 0.3) is 0 Å². The third-order valence-electron chi connectivity index (χ3n) is 5.87. The number of H-pyrrole nitrogens is 1. The van der Waals surface area contributed by atoms with Gasteiger partial charge in [0.25, 0.3) is 11.5 Å². The Morgan fingerprint density at radius 2 is 1.85 bits per heavy atom. The molecule has 0 aliphatic carbocycles. The summed E-state index contributed by atoms with van der Waals surface area (Å²) < 4.78 is 8.51. The lowest BCUT2D eigenvalue weighted by Gasteiger charge is -2.25. The summed E-state index contributed by atoms with van der Waals surface area (Å²) in [6, 6.07) is 11.3. The highest BCUT2D eigenvalue weighted by atomic mass is 16.5. The van der Waals surface area contributed by atoms with Crippen molar-refractivity contribution in [1.82, 2.24) is 14.1 Å². The van der Waals surface area contributed by atoms with Gasteiger partial charge in [-0.25, -0.2) is 4.79 Å². The molecular formula is C25H33N5O4. The molecule has 0 bridgehead atoms. The number of nitrogens with two attached hydrogens (primary N) is 1. The second-order valence-electron chi connectivity index (χ2n) is 8.62. The number of methoxy groups -OCH3 is 1. The highest BCUT2D eigenvalue weighted by molar-refractivity contribution is 6.08. The zero-order valence-corrected chi connectivity index (χ0v) is 20.4. The first-order chi connectivity index (χ1) is 16.2. The number of aromatic amines is 1. The minimum absolute atomic E-state index is 0.0361. The fourth-order valence-corrected chi connectivity index (χ4v) is 4.38. The van der Waals surface area contributed by atoms with Crippen molar-refractivity contribution in [2.24, 2.45) is 0 Å². The molecule has 34 heavy (non-hydrogen) atoms. The van der Waals surface area contributed by atoms with Crippen molar-refractivity contribution >= 4 is 17.4 Å². The van der Waals surface area contributed by atoms with E-state index in [2.05, 4.69) is 9.55 Å². The van der Waals surface area contributed by atoms with Gasteiger partial charge in [-0.3, -0.25) is 19.1 Å². The van der Waals surface area contributed by atoms with Gasteiger partial charge in [-0.2, -0.15) is 0 Å². The maximum absolute atomic E-state index is 13.8. The Hall–Kier alpha value is -3.59. The summed E-state index contributed by atoms with van der Waals surface area (Å²) in [5, 5.41) is 0. The molecule has 3 rings (SSSR count). The molecule has 0 radical (unpaired) electrons. The second kappa shape index (κ2) is 10.6. The molecule has 9 heteroatoms. The van der Waals surface area contributed by atoms with Crippen molar-refractivity contribution in [2.75, 3.05) is 30.9 Å². The van der Waals surface area contributed by atoms with Gasteiger partial charge >= 0.3 is 5.69 Å². The number of aromatic nitrogens is 3. The molecule has 1 aromatic carbocycles. The Balaban J connectivity index is 2.13. The fraction of sp³-hybridized carbons (Fsp3) is 0.400. The van der Waals surface area contributed by atoms with E-state index in [1.165, 1.54) is 9.47 Å². The van der Waals surface area contributed by atoms with Crippen molar-refractivity contribution in [3.63, 3.8) is 0 Å². The zero-order valence-electron chi connectivity index (χ0n) is 20.4. The smallest absolute Gasteiger partial charge is 0.330 e. The fourth-order valence-electron chi connectivity index (χ4n) is 4.38. The number of hydrogen-bond donors (Lipinski definition) is 2. The van der Waals surface area contributed by atoms with Gasteiger partial charge in [-0.05, 0) is 45.7 Å². The largest absolute Gasteiger partial charge is 0.385 e. The first kappa shape index (κ1) is 25.0. The van der Waals surface area contributed by atoms with Crippen LogP contribution >= 0.6 is 0 Å². The number of benzene rings is 1. The minimum atomic E-state index is -0.699. The quantitative estimate of drug-likeness (QED) is 0.470. The van der Waals surface area contributed by atoms with E-state index < -0.39 is 11.2 Å². The average Bonchev–Trinajstić information content (AvgIpc) is 3.09. The second-order valence-corrected chi connectivity index (χ2v) is 8.62. The number of ether oxygens (including phenoxy) is 1. The van der Waals surface area contributed by atoms with Crippen LogP contribution in [0.1, 0.15) is 53.6 Å². The van der Waals surface area contributed by atoms with Crippen LogP contribution in [-0.4, -0.2) is 40.3 Å². The van der Waals surface area contributed by atoms with Crippen LogP contribution in [0.4, 0.5) is 11.5 Å². The minimum Gasteiger partial charge on any atom is -0.385 e. The number of nitrogens with one attached hydrogen (secondary N) is 1. The molecule has 0 saturated carbocycles. The van der Waals surface area contributed by atoms with Crippen LogP contribution in [0.2, 0.25) is 0 Å². The first-order valence-electron chi connectivity index (χ1n) is 11.3. The molecule has 2 aromatic heterocycles. The Labute approximate surface area is 198 Å². The number of nitrogens with zero attached hydrogens (tertiary/aromatic N) is 3. The number of nitrogen functional groups attached to an aromatic ring is 1. The van der Waals surface area contributed by atoms with E-state index in [0.717, 1.165) is 17.0 Å². The van der Waals surface area contributed by atoms with Gasteiger partial charge in [0.05, 0.1) is 12.1 Å². The molecule has 9 nitrogen and oxygen atoms in total. The lowest BCUT2D eigenvalue weighted by Crippen LogP contribution is -2.42. The normalized spacial score (nSPS) is 11.2. The summed E-state index contributed by atoms with van der Waals surface area (Å²) in [4.78, 5) is 43.1. The van der Waals surface area contributed by atoms with E-state index in [4.69, 9.17) is 10.5 Å². The molecule has 3 N–H and O–H groups in total. The van der Waals surface area contributed by atoms with E-state index >= 15 is 0 Å². The maximum atomic E-state index is 13.8. The van der Waals surface area contributed by atoms with Crippen LogP contribution in [0, 0.1) is 13.8 Å². The predicted octanol–water partition coefficient (Wildman–Crippen LogP) is 2.85. The average molecular weight is 468 g/mol. The molecule has 0 atom stereocenters. The van der Waals surface area contributed by atoms with Crippen LogP contribution in [-0.2, 0) is 11.3 Å². The molecule has 1 amide bonds. The standard InChI is InChI=1S/C25H33N5O4/c1-16(2)30-17(3)14-20(18(30)4)24(32)28(12-9-13-34-5)21-22(26)29(25(33)27-23(21)31)15-19-10-7-6-8-11-19/h6-8,10-11,14,16H,9,12-13,15,26H2,1-5H3,(H,27,31,33). The van der Waals surface area contributed by atoms with Crippen LogP contribution in [0.15, 0.2) is 46.0 Å². The Morgan fingerprint density at radius 3 is 2.44 bits per heavy atom. The van der Waals surface area contributed by atoms with Crippen LogP contribution in [0.3, 0.4) is 0 Å². The summed E-state index contributed by atoms with van der Waals surface area (Å²) in [6.45, 7) is 8.69. The van der Waals surface area contributed by atoms with Crippen LogP contribution < -0.4 is 21.9 Å². The molecule has 182 valence electrons. The molecule has 3 aromatic rings. The number of hydrogen-bond acceptors (Lipinski definition) is 5. The van der Waals surface area contributed by atoms with Gasteiger partial charge in [0, 0.05) is 37.7 Å². The van der Waals surface area contributed by atoms with Crippen molar-refractivity contribution in [2.45, 2.75) is 46.7 Å². The molecule has 0 aliphatic heterocycles. The van der Waals surface area contributed by atoms with Crippen molar-refractivity contribution < 1.29 is 9.53 Å². The van der Waals surface area contributed by atoms with E-state index in [0.29, 0.717) is 18.6 Å². The Bertz CT molecular complexity index is 1270. The molecule has 0 unspecified atom stereocenters. The summed E-state index contributed by atoms with van der Waals surface area (Å²) >= 11 is 0. The topological polar surface area (TPSA) is 115 Å². The highest BCUT2D eigenvalue weighted by Crippen LogP contribution is 2.25. The Kier molecular flexibility index (Phi) is 7.78. The number of carbonyl (C=O) groups is 1. The molecule has 0 spiro atoms. The lowest BCUT2D eigenvalue weighted by molar-refractivity contribution is 0.0982. The number of rotatable bonds is 9. The molecule has 0 saturated heterocycles. The van der Waals surface area contributed by atoms with Gasteiger partial charge in [-0.15, -0.1) is 0 Å². The van der Waals surface area contributed by atoms with Gasteiger partial charge < -0.3 is 19.9 Å². The molecule has 2 heterocycles. The monoisotopic (exact) mass is 467 g/mol. The maximum Gasteiger partial charge on any atom is 0.330 e. The van der Waals surface area contributed by atoms with Crippen molar-refractivity contribution in [1.29, 1.82) is 0 Å². The van der Waals surface area contributed by atoms with Gasteiger partial charge in [0.15, 0.2) is 5.69 Å². The van der Waals surface area contributed by atoms with Gasteiger partial charge in [0.2, 0.25) is 0 Å². The Morgan fingerprint density at radius 1 is 1.18 bits per heavy atom. The SMILES string of the molecule is COCCCN(C(=O)c1cc(C)n(C(C)C)c1C)c1c(N)n(Cc2ccccc2)c(=O)[nH]c1=O. The van der Waals surface area contributed by atoms with E-state index in [1.807, 2.05) is 64.1 Å². The summed E-state index contributed by atoms with van der Waals surface area (Å²) in [7, 11) is 1.57. The number of aryl methyl sites for hydroxylation is 1. The summed E-state index contributed by atoms with van der Waals surface area (Å²) in [6.07, 6.45) is 0.488.